The van der Waals surface area contributed by atoms with Gasteiger partial charge in [-0.25, -0.2) is 0 Å². The minimum atomic E-state index is -0.585. The predicted molar refractivity (Wildman–Crippen MR) is 136 cm³/mol. The third-order valence-electron chi connectivity index (χ3n) is 6.05. The van der Waals surface area contributed by atoms with E-state index in [4.69, 9.17) is 0 Å². The summed E-state index contributed by atoms with van der Waals surface area (Å²) in [5.74, 6) is -1.07. The van der Waals surface area contributed by atoms with Crippen molar-refractivity contribution in [1.29, 1.82) is 0 Å². The molecule has 0 heterocycles. The third kappa shape index (κ3) is 4.73. The Morgan fingerprint density at radius 3 is 2.06 bits per heavy atom. The number of fused-ring (bicyclic) bond motifs is 1. The first-order valence-corrected chi connectivity index (χ1v) is 11.0. The van der Waals surface area contributed by atoms with Crippen LogP contribution in [0.4, 0.5) is 0 Å². The number of aliphatic hydroxyl groups is 1. The summed E-state index contributed by atoms with van der Waals surface area (Å²) in [6, 6.07) is 13.7. The van der Waals surface area contributed by atoms with E-state index in [1.807, 2.05) is 13.0 Å². The number of phenols is 5. The fourth-order valence-electron chi connectivity index (χ4n) is 4.59. The Hall–Kier alpha value is -4.58. The number of phenolic OH excluding ortho intramolecular Hbond substituents is 5. The Morgan fingerprint density at radius 1 is 0.829 bits per heavy atom. The van der Waals surface area contributed by atoms with E-state index >= 15 is 0 Å². The summed E-state index contributed by atoms with van der Waals surface area (Å²) in [5.41, 5.74) is 4.87. The van der Waals surface area contributed by atoms with E-state index in [0.717, 1.165) is 22.3 Å². The second-order valence-electron chi connectivity index (χ2n) is 8.45. The molecule has 6 N–H and O–H groups in total. The molecule has 1 atom stereocenters. The number of rotatable bonds is 6. The van der Waals surface area contributed by atoms with Crippen molar-refractivity contribution in [2.75, 3.05) is 0 Å². The van der Waals surface area contributed by atoms with Crippen LogP contribution in [0.2, 0.25) is 0 Å². The molecule has 6 heteroatoms. The van der Waals surface area contributed by atoms with Crippen LogP contribution in [0.25, 0.3) is 11.1 Å². The van der Waals surface area contributed by atoms with E-state index in [2.05, 4.69) is 6.58 Å². The van der Waals surface area contributed by atoms with E-state index in [1.54, 1.807) is 36.4 Å². The highest BCUT2D eigenvalue weighted by Crippen LogP contribution is 2.56. The molecule has 0 bridgehead atoms. The summed E-state index contributed by atoms with van der Waals surface area (Å²) in [5, 5.41) is 61.1. The average Bonchev–Trinajstić information content (AvgIpc) is 3.10. The minimum Gasteiger partial charge on any atom is -0.509 e. The monoisotopic (exact) mass is 470 g/mol. The molecule has 0 saturated heterocycles. The van der Waals surface area contributed by atoms with E-state index in [0.29, 0.717) is 23.1 Å². The highest BCUT2D eigenvalue weighted by molar-refractivity contribution is 6.03. The standard InChI is InChI=1S/C29H26O6/c1-3-17(5-4-16(2)30)10-24-25-14-23(34)15-26(35)29(25)28(19-11-21(32)13-22(33)12-19)27(24)18-6-8-20(31)9-7-18/h3-9,11-15,28,30-35H,2,10H2,1H3/b5-4-,17-3+/t28-/m1/s1. The highest BCUT2D eigenvalue weighted by atomic mass is 16.3. The highest BCUT2D eigenvalue weighted by Gasteiger charge is 2.36. The van der Waals surface area contributed by atoms with Gasteiger partial charge in [0.25, 0.3) is 0 Å². The summed E-state index contributed by atoms with van der Waals surface area (Å²) >= 11 is 0. The SMILES string of the molecule is C=C(O)/C=C\C(=C/C)CC1=C(c2ccc(O)cc2)[C@@H](c2cc(O)cc(O)c2)c2c(O)cc(O)cc21. The Balaban J connectivity index is 2.04. The van der Waals surface area contributed by atoms with Crippen molar-refractivity contribution in [2.24, 2.45) is 0 Å². The van der Waals surface area contributed by atoms with Gasteiger partial charge < -0.3 is 30.6 Å². The van der Waals surface area contributed by atoms with Crippen LogP contribution in [0.5, 0.6) is 28.7 Å². The van der Waals surface area contributed by atoms with Gasteiger partial charge in [-0.2, -0.15) is 0 Å². The van der Waals surface area contributed by atoms with Gasteiger partial charge in [0.05, 0.1) is 0 Å². The van der Waals surface area contributed by atoms with Gasteiger partial charge in [-0.1, -0.05) is 30.9 Å². The van der Waals surface area contributed by atoms with E-state index in [-0.39, 0.29) is 34.5 Å². The minimum absolute atomic E-state index is 0.0905. The third-order valence-corrected chi connectivity index (χ3v) is 6.05. The van der Waals surface area contributed by atoms with Gasteiger partial charge in [0.2, 0.25) is 0 Å². The lowest BCUT2D eigenvalue weighted by Crippen LogP contribution is -2.02. The maximum Gasteiger partial charge on any atom is 0.124 e. The quantitative estimate of drug-likeness (QED) is 0.187. The summed E-state index contributed by atoms with van der Waals surface area (Å²) < 4.78 is 0. The fraction of sp³-hybridized carbons (Fsp3) is 0.103. The largest absolute Gasteiger partial charge is 0.509 e. The number of hydrogen-bond donors (Lipinski definition) is 6. The first-order chi connectivity index (χ1) is 16.7. The van der Waals surface area contributed by atoms with Crippen LogP contribution in [0.15, 0.2) is 90.7 Å². The van der Waals surface area contributed by atoms with Gasteiger partial charge in [0, 0.05) is 23.6 Å². The van der Waals surface area contributed by atoms with Gasteiger partial charge in [0.15, 0.2) is 0 Å². The van der Waals surface area contributed by atoms with E-state index in [9.17, 15) is 30.6 Å². The zero-order valence-corrected chi connectivity index (χ0v) is 19.1. The molecule has 178 valence electrons. The lowest BCUT2D eigenvalue weighted by atomic mass is 9.84. The van der Waals surface area contributed by atoms with Crippen molar-refractivity contribution in [2.45, 2.75) is 19.3 Å². The van der Waals surface area contributed by atoms with Crippen molar-refractivity contribution < 1.29 is 30.6 Å². The fourth-order valence-corrected chi connectivity index (χ4v) is 4.59. The number of allylic oxidation sites excluding steroid dienone is 6. The van der Waals surface area contributed by atoms with Crippen LogP contribution in [0, 0.1) is 0 Å². The zero-order chi connectivity index (χ0) is 25.3. The number of aliphatic hydroxyl groups excluding tert-OH is 1. The van der Waals surface area contributed by atoms with Gasteiger partial charge in [-0.3, -0.25) is 0 Å². The molecule has 0 saturated carbocycles. The van der Waals surface area contributed by atoms with Crippen molar-refractivity contribution in [1.82, 2.24) is 0 Å². The molecule has 0 aromatic heterocycles. The summed E-state index contributed by atoms with van der Waals surface area (Å²) in [6.45, 7) is 5.35. The van der Waals surface area contributed by atoms with Crippen molar-refractivity contribution in [3.05, 3.63) is 113 Å². The Bertz CT molecular complexity index is 1370. The first-order valence-electron chi connectivity index (χ1n) is 11.0. The summed E-state index contributed by atoms with van der Waals surface area (Å²) in [4.78, 5) is 0. The van der Waals surface area contributed by atoms with Gasteiger partial charge in [-0.15, -0.1) is 0 Å². The molecule has 0 amide bonds. The van der Waals surface area contributed by atoms with E-state index < -0.39 is 5.92 Å². The topological polar surface area (TPSA) is 121 Å². The maximum absolute atomic E-state index is 11.0. The molecular weight excluding hydrogens is 444 g/mol. The van der Waals surface area contributed by atoms with Crippen LogP contribution in [-0.4, -0.2) is 30.6 Å². The molecule has 6 nitrogen and oxygen atoms in total. The predicted octanol–water partition coefficient (Wildman–Crippen LogP) is 6.24. The zero-order valence-electron chi connectivity index (χ0n) is 19.1. The van der Waals surface area contributed by atoms with Crippen LogP contribution >= 0.6 is 0 Å². The second-order valence-corrected chi connectivity index (χ2v) is 8.45. The molecule has 0 unspecified atom stereocenters. The lowest BCUT2D eigenvalue weighted by molar-refractivity contribution is 0.435. The van der Waals surface area contributed by atoms with Crippen molar-refractivity contribution in [3.63, 3.8) is 0 Å². The van der Waals surface area contributed by atoms with Gasteiger partial charge >= 0.3 is 0 Å². The molecule has 1 aliphatic carbocycles. The number of hydrogen-bond acceptors (Lipinski definition) is 6. The molecule has 35 heavy (non-hydrogen) atoms. The molecule has 4 rings (SSSR count). The van der Waals surface area contributed by atoms with Crippen LogP contribution in [-0.2, 0) is 0 Å². The average molecular weight is 471 g/mol. The number of aromatic hydroxyl groups is 5. The summed E-state index contributed by atoms with van der Waals surface area (Å²) in [6.07, 6.45) is 5.49. The molecule has 0 fully saturated rings. The molecule has 3 aromatic rings. The molecule has 0 radical (unpaired) electrons. The Morgan fingerprint density at radius 2 is 1.46 bits per heavy atom. The maximum atomic E-state index is 11.0. The molecule has 1 aliphatic rings. The number of benzene rings is 3. The smallest absolute Gasteiger partial charge is 0.124 e. The van der Waals surface area contributed by atoms with Crippen LogP contribution in [0.1, 0.15) is 41.5 Å². The normalized spacial score (nSPS) is 15.6. The Kier molecular flexibility index (Phi) is 6.30. The first kappa shape index (κ1) is 23.6. The van der Waals surface area contributed by atoms with Gasteiger partial charge in [-0.05, 0) is 83.2 Å². The second kappa shape index (κ2) is 9.35. The molecular formula is C29H26O6. The van der Waals surface area contributed by atoms with Crippen molar-refractivity contribution in [3.8, 4) is 28.7 Å². The molecule has 3 aromatic carbocycles. The Labute approximate surface area is 203 Å². The van der Waals surface area contributed by atoms with Crippen molar-refractivity contribution >= 4 is 11.1 Å². The molecule has 0 spiro atoms. The van der Waals surface area contributed by atoms with E-state index in [1.165, 1.54) is 30.3 Å². The van der Waals surface area contributed by atoms with Crippen LogP contribution in [0.3, 0.4) is 0 Å². The lowest BCUT2D eigenvalue weighted by Gasteiger charge is -2.20. The van der Waals surface area contributed by atoms with Crippen LogP contribution < -0.4 is 0 Å². The van der Waals surface area contributed by atoms with Gasteiger partial charge in [0.1, 0.15) is 34.5 Å². The molecule has 0 aliphatic heterocycles. The summed E-state index contributed by atoms with van der Waals surface area (Å²) in [7, 11) is 0.